The van der Waals surface area contributed by atoms with E-state index in [1.807, 2.05) is 11.9 Å². The molecule has 0 spiro atoms. The minimum atomic E-state index is -0.0728. The molecule has 3 rings (SSSR count). The van der Waals surface area contributed by atoms with Crippen LogP contribution in [0.3, 0.4) is 0 Å². The minimum Gasteiger partial charge on any atom is -0.343 e. The molecule has 2 unspecified atom stereocenters. The van der Waals surface area contributed by atoms with Crippen LogP contribution in [0, 0.1) is 0 Å². The van der Waals surface area contributed by atoms with Gasteiger partial charge in [0.2, 0.25) is 5.91 Å². The largest absolute Gasteiger partial charge is 0.343 e. The zero-order valence-electron chi connectivity index (χ0n) is 14.5. The van der Waals surface area contributed by atoms with Crippen molar-refractivity contribution in [2.75, 3.05) is 26.7 Å². The van der Waals surface area contributed by atoms with E-state index in [1.165, 1.54) is 30.5 Å². The molecule has 4 nitrogen and oxygen atoms in total. The van der Waals surface area contributed by atoms with Crippen LogP contribution >= 0.6 is 24.8 Å². The molecule has 2 aliphatic rings. The van der Waals surface area contributed by atoms with Crippen molar-refractivity contribution in [3.05, 3.63) is 35.4 Å². The molecule has 2 atom stereocenters. The molecule has 1 saturated heterocycles. The third kappa shape index (κ3) is 4.63. The van der Waals surface area contributed by atoms with Crippen LogP contribution in [-0.4, -0.2) is 54.5 Å². The average molecular weight is 374 g/mol. The summed E-state index contributed by atoms with van der Waals surface area (Å²) in [6, 6.07) is 8.88. The molecular formula is C18H29Cl2N3O. The molecule has 1 amide bonds. The fourth-order valence-corrected chi connectivity index (χ4v) is 3.82. The lowest BCUT2D eigenvalue weighted by Crippen LogP contribution is -2.51. The second-order valence-electron chi connectivity index (χ2n) is 6.55. The first kappa shape index (κ1) is 21.2. The lowest BCUT2D eigenvalue weighted by molar-refractivity contribution is -0.133. The van der Waals surface area contributed by atoms with Crippen LogP contribution in [0.15, 0.2) is 24.3 Å². The Morgan fingerprint density at radius 1 is 1.29 bits per heavy atom. The number of rotatable bonds is 4. The minimum absolute atomic E-state index is 0. The van der Waals surface area contributed by atoms with Crippen LogP contribution in [0.5, 0.6) is 0 Å². The second-order valence-corrected chi connectivity index (χ2v) is 6.55. The number of nitrogens with one attached hydrogen (secondary N) is 1. The summed E-state index contributed by atoms with van der Waals surface area (Å²) in [6.07, 6.45) is 3.28. The predicted molar refractivity (Wildman–Crippen MR) is 103 cm³/mol. The van der Waals surface area contributed by atoms with Crippen LogP contribution < -0.4 is 5.32 Å². The molecule has 0 radical (unpaired) electrons. The highest BCUT2D eigenvalue weighted by Gasteiger charge is 2.30. The van der Waals surface area contributed by atoms with Crippen LogP contribution in [0.2, 0.25) is 0 Å². The van der Waals surface area contributed by atoms with Crippen molar-refractivity contribution >= 4 is 30.7 Å². The highest BCUT2D eigenvalue weighted by molar-refractivity contribution is 5.85. The quantitative estimate of drug-likeness (QED) is 0.880. The van der Waals surface area contributed by atoms with E-state index in [0.717, 1.165) is 26.1 Å². The first-order valence-corrected chi connectivity index (χ1v) is 8.48. The Bertz CT molecular complexity index is 541. The van der Waals surface area contributed by atoms with Crippen molar-refractivity contribution in [3.63, 3.8) is 0 Å². The van der Waals surface area contributed by atoms with Crippen molar-refractivity contribution in [1.82, 2.24) is 15.1 Å². The van der Waals surface area contributed by atoms with Gasteiger partial charge in [0, 0.05) is 26.2 Å². The maximum atomic E-state index is 12.7. The Balaban J connectivity index is 0.00000144. The van der Waals surface area contributed by atoms with Gasteiger partial charge in [0.05, 0.1) is 6.04 Å². The lowest BCUT2D eigenvalue weighted by Gasteiger charge is -2.32. The van der Waals surface area contributed by atoms with E-state index < -0.39 is 0 Å². The number of carbonyl (C=O) groups excluding carboxylic acids is 1. The predicted octanol–water partition coefficient (Wildman–Crippen LogP) is 2.49. The van der Waals surface area contributed by atoms with Gasteiger partial charge < -0.3 is 10.2 Å². The first-order chi connectivity index (χ1) is 10.7. The number of nitrogens with zero attached hydrogens (tertiary/aromatic N) is 2. The standard InChI is InChI=1S/C18H27N3O.2ClH/c1-3-21-10-6-9-16(21)13-20(2)18(22)17-11-14-7-4-5-8-15(14)12-19-17;;/h4-5,7-8,16-17,19H,3,6,9-13H2,1-2H3;2*1H. The van der Waals surface area contributed by atoms with Crippen molar-refractivity contribution < 1.29 is 4.79 Å². The zero-order chi connectivity index (χ0) is 15.5. The van der Waals surface area contributed by atoms with Gasteiger partial charge in [0.25, 0.3) is 0 Å². The number of hydrogen-bond donors (Lipinski definition) is 1. The monoisotopic (exact) mass is 373 g/mol. The topological polar surface area (TPSA) is 35.6 Å². The second kappa shape index (κ2) is 9.62. The molecule has 1 N–H and O–H groups in total. The van der Waals surface area contributed by atoms with E-state index in [-0.39, 0.29) is 36.8 Å². The van der Waals surface area contributed by atoms with E-state index in [0.29, 0.717) is 6.04 Å². The highest BCUT2D eigenvalue weighted by Crippen LogP contribution is 2.20. The van der Waals surface area contributed by atoms with Gasteiger partial charge in [0.1, 0.15) is 0 Å². The molecule has 1 aromatic rings. The Labute approximate surface area is 157 Å². The SMILES string of the molecule is CCN1CCCC1CN(C)C(=O)C1Cc2ccccc2CN1.Cl.Cl. The van der Waals surface area contributed by atoms with Gasteiger partial charge in [-0.3, -0.25) is 9.69 Å². The zero-order valence-corrected chi connectivity index (χ0v) is 16.2. The summed E-state index contributed by atoms with van der Waals surface area (Å²) >= 11 is 0. The summed E-state index contributed by atoms with van der Waals surface area (Å²) in [4.78, 5) is 17.2. The maximum Gasteiger partial charge on any atom is 0.239 e. The number of likely N-dealkylation sites (N-methyl/N-ethyl adjacent to an activating group) is 2. The van der Waals surface area contributed by atoms with E-state index >= 15 is 0 Å². The van der Waals surface area contributed by atoms with Crippen LogP contribution in [0.25, 0.3) is 0 Å². The van der Waals surface area contributed by atoms with Crippen LogP contribution in [-0.2, 0) is 17.8 Å². The van der Waals surface area contributed by atoms with Crippen LogP contribution in [0.1, 0.15) is 30.9 Å². The summed E-state index contributed by atoms with van der Waals surface area (Å²) in [5.74, 6) is 0.234. The number of fused-ring (bicyclic) bond motifs is 1. The molecule has 2 aliphatic heterocycles. The summed E-state index contributed by atoms with van der Waals surface area (Å²) in [7, 11) is 1.96. The molecule has 0 aromatic heterocycles. The molecule has 0 saturated carbocycles. The fraction of sp³-hybridized carbons (Fsp3) is 0.611. The molecule has 0 aliphatic carbocycles. The van der Waals surface area contributed by atoms with E-state index in [4.69, 9.17) is 0 Å². The maximum absolute atomic E-state index is 12.7. The molecule has 1 fully saturated rings. The Hall–Kier alpha value is -0.810. The molecule has 2 heterocycles. The van der Waals surface area contributed by atoms with E-state index in [1.54, 1.807) is 0 Å². The summed E-state index contributed by atoms with van der Waals surface area (Å²) in [5.41, 5.74) is 2.63. The van der Waals surface area contributed by atoms with Gasteiger partial charge in [-0.2, -0.15) is 0 Å². The average Bonchev–Trinajstić information content (AvgIpc) is 3.00. The number of amides is 1. The molecule has 24 heavy (non-hydrogen) atoms. The number of likely N-dealkylation sites (tertiary alicyclic amines) is 1. The van der Waals surface area contributed by atoms with Gasteiger partial charge in [-0.1, -0.05) is 31.2 Å². The number of hydrogen-bond acceptors (Lipinski definition) is 3. The molecule has 136 valence electrons. The first-order valence-electron chi connectivity index (χ1n) is 8.48. The molecular weight excluding hydrogens is 345 g/mol. The fourth-order valence-electron chi connectivity index (χ4n) is 3.82. The van der Waals surface area contributed by atoms with Crippen molar-refractivity contribution in [1.29, 1.82) is 0 Å². The third-order valence-electron chi connectivity index (χ3n) is 5.15. The smallest absolute Gasteiger partial charge is 0.239 e. The summed E-state index contributed by atoms with van der Waals surface area (Å²) < 4.78 is 0. The van der Waals surface area contributed by atoms with E-state index in [9.17, 15) is 4.79 Å². The van der Waals surface area contributed by atoms with Gasteiger partial charge in [-0.15, -0.1) is 24.8 Å². The number of halogens is 2. The molecule has 6 heteroatoms. The normalized spacial score (nSPS) is 22.9. The summed E-state index contributed by atoms with van der Waals surface area (Å²) in [5, 5.41) is 3.40. The van der Waals surface area contributed by atoms with Crippen molar-refractivity contribution in [2.45, 2.75) is 44.8 Å². The van der Waals surface area contributed by atoms with Crippen molar-refractivity contribution in [3.8, 4) is 0 Å². The van der Waals surface area contributed by atoms with E-state index in [2.05, 4.69) is 41.4 Å². The Morgan fingerprint density at radius 3 is 2.71 bits per heavy atom. The van der Waals surface area contributed by atoms with Crippen LogP contribution in [0.4, 0.5) is 0 Å². The van der Waals surface area contributed by atoms with Gasteiger partial charge in [0.15, 0.2) is 0 Å². The van der Waals surface area contributed by atoms with Crippen molar-refractivity contribution in [2.24, 2.45) is 0 Å². The molecule has 1 aromatic carbocycles. The highest BCUT2D eigenvalue weighted by atomic mass is 35.5. The number of carbonyl (C=O) groups is 1. The molecule has 0 bridgehead atoms. The lowest BCUT2D eigenvalue weighted by atomic mass is 9.95. The third-order valence-corrected chi connectivity index (χ3v) is 5.15. The van der Waals surface area contributed by atoms with Gasteiger partial charge >= 0.3 is 0 Å². The Kier molecular flexibility index (Phi) is 8.51. The Morgan fingerprint density at radius 2 is 2.00 bits per heavy atom. The van der Waals surface area contributed by atoms with Gasteiger partial charge in [-0.25, -0.2) is 0 Å². The number of benzene rings is 1. The summed E-state index contributed by atoms with van der Waals surface area (Å²) in [6.45, 7) is 6.12. The van der Waals surface area contributed by atoms with Gasteiger partial charge in [-0.05, 0) is 43.5 Å².